The van der Waals surface area contributed by atoms with Crippen molar-refractivity contribution in [2.45, 2.75) is 56.6 Å². The number of nitrogens with zero attached hydrogens (tertiary/aromatic N) is 3. The minimum Gasteiger partial charge on any atom is -0.480 e. The number of amides is 1. The second-order valence-corrected chi connectivity index (χ2v) is 6.17. The first-order valence-electron chi connectivity index (χ1n) is 7.96. The molecule has 1 aromatic heterocycles. The van der Waals surface area contributed by atoms with Crippen LogP contribution in [0.2, 0.25) is 0 Å². The van der Waals surface area contributed by atoms with E-state index in [0.29, 0.717) is 37.6 Å². The van der Waals surface area contributed by atoms with E-state index >= 15 is 0 Å². The number of carbonyl (C=O) groups excluding carboxylic acids is 1. The number of methoxy groups -OCH3 is 1. The molecule has 1 saturated carbocycles. The van der Waals surface area contributed by atoms with Crippen molar-refractivity contribution >= 4 is 11.9 Å². The first kappa shape index (κ1) is 15.9. The van der Waals surface area contributed by atoms with Gasteiger partial charge in [-0.15, -0.1) is 0 Å². The number of likely N-dealkylation sites (tertiary alicyclic amines) is 1. The predicted molar refractivity (Wildman–Crippen MR) is 77.8 cm³/mol. The molecule has 2 fully saturated rings. The highest BCUT2D eigenvalue weighted by atomic mass is 16.5. The number of aryl methyl sites for hydroxylation is 1. The number of carboxylic acid groups (broad SMARTS) is 1. The number of carbonyl (C=O) groups is 2. The van der Waals surface area contributed by atoms with E-state index in [1.807, 2.05) is 0 Å². The highest BCUT2D eigenvalue weighted by molar-refractivity contribution is 5.84. The summed E-state index contributed by atoms with van der Waals surface area (Å²) in [6.45, 7) is 0.332. The van der Waals surface area contributed by atoms with Crippen LogP contribution in [0.25, 0.3) is 0 Å². The fraction of sp³-hybridized carbons (Fsp3) is 0.733. The van der Waals surface area contributed by atoms with Crippen LogP contribution in [-0.2, 0) is 20.7 Å². The van der Waals surface area contributed by atoms with E-state index in [2.05, 4.69) is 10.1 Å². The lowest BCUT2D eigenvalue weighted by atomic mass is 10.2. The van der Waals surface area contributed by atoms with Crippen LogP contribution in [0, 0.1) is 0 Å². The fourth-order valence-electron chi connectivity index (χ4n) is 2.89. The number of carboxylic acids is 1. The minimum absolute atomic E-state index is 0.168. The summed E-state index contributed by atoms with van der Waals surface area (Å²) in [6, 6.07) is -0.794. The van der Waals surface area contributed by atoms with Crippen molar-refractivity contribution < 1.29 is 24.0 Å². The van der Waals surface area contributed by atoms with Crippen LogP contribution in [0.3, 0.4) is 0 Å². The number of rotatable bonds is 7. The number of aliphatic carboxylic acids is 1. The van der Waals surface area contributed by atoms with Crippen LogP contribution >= 0.6 is 0 Å². The molecule has 1 aliphatic heterocycles. The Bertz CT molecular complexity index is 583. The first-order valence-corrected chi connectivity index (χ1v) is 7.96. The molecule has 8 heteroatoms. The Hall–Kier alpha value is -1.96. The Kier molecular flexibility index (Phi) is 4.61. The molecule has 1 N–H and O–H groups in total. The lowest BCUT2D eigenvalue weighted by molar-refractivity contribution is -0.148. The van der Waals surface area contributed by atoms with E-state index in [-0.39, 0.29) is 18.4 Å². The van der Waals surface area contributed by atoms with E-state index in [1.165, 1.54) is 12.0 Å². The largest absolute Gasteiger partial charge is 0.480 e. The molecule has 0 radical (unpaired) electrons. The van der Waals surface area contributed by atoms with Gasteiger partial charge in [-0.05, 0) is 19.3 Å². The van der Waals surface area contributed by atoms with Crippen LogP contribution in [-0.4, -0.2) is 57.8 Å². The maximum atomic E-state index is 12.3. The molecule has 2 aliphatic rings. The standard InChI is InChI=1S/C15H21N3O5/c1-22-10-7-11(15(20)21)18(8-10)13(19)4-2-3-12-16-14(17-23-12)9-5-6-9/h9-11H,2-8H2,1H3,(H,20,21). The molecule has 2 heterocycles. The average molecular weight is 323 g/mol. The molecule has 2 atom stereocenters. The Morgan fingerprint density at radius 2 is 2.22 bits per heavy atom. The van der Waals surface area contributed by atoms with Crippen molar-refractivity contribution in [1.29, 1.82) is 0 Å². The van der Waals surface area contributed by atoms with Gasteiger partial charge in [-0.25, -0.2) is 4.79 Å². The van der Waals surface area contributed by atoms with Crippen LogP contribution in [0.5, 0.6) is 0 Å². The fourth-order valence-corrected chi connectivity index (χ4v) is 2.89. The topological polar surface area (TPSA) is 106 Å². The van der Waals surface area contributed by atoms with Gasteiger partial charge in [-0.3, -0.25) is 4.79 Å². The van der Waals surface area contributed by atoms with Gasteiger partial charge in [0.05, 0.1) is 6.10 Å². The average Bonchev–Trinajstić information content (AvgIpc) is 3.11. The molecule has 0 bridgehead atoms. The van der Waals surface area contributed by atoms with Crippen LogP contribution in [0.1, 0.15) is 49.7 Å². The van der Waals surface area contributed by atoms with Gasteiger partial charge in [0, 0.05) is 38.8 Å². The summed E-state index contributed by atoms with van der Waals surface area (Å²) in [5, 5.41) is 13.2. The second-order valence-electron chi connectivity index (χ2n) is 6.17. The van der Waals surface area contributed by atoms with Gasteiger partial charge in [0.15, 0.2) is 5.82 Å². The van der Waals surface area contributed by atoms with Crippen molar-refractivity contribution in [3.63, 3.8) is 0 Å². The Balaban J connectivity index is 1.48. The molecule has 8 nitrogen and oxygen atoms in total. The van der Waals surface area contributed by atoms with Gasteiger partial charge in [0.25, 0.3) is 0 Å². The summed E-state index contributed by atoms with van der Waals surface area (Å²) in [4.78, 5) is 29.3. The molecule has 2 unspecified atom stereocenters. The van der Waals surface area contributed by atoms with Crippen molar-refractivity contribution in [1.82, 2.24) is 15.0 Å². The Morgan fingerprint density at radius 1 is 1.43 bits per heavy atom. The summed E-state index contributed by atoms with van der Waals surface area (Å²) in [5.74, 6) is 0.606. The van der Waals surface area contributed by atoms with E-state index < -0.39 is 12.0 Å². The molecule has 0 aromatic carbocycles. The van der Waals surface area contributed by atoms with Crippen LogP contribution < -0.4 is 0 Å². The van der Waals surface area contributed by atoms with Gasteiger partial charge in [-0.2, -0.15) is 4.98 Å². The zero-order valence-corrected chi connectivity index (χ0v) is 13.1. The normalized spacial score (nSPS) is 24.1. The van der Waals surface area contributed by atoms with Gasteiger partial charge < -0.3 is 19.3 Å². The lowest BCUT2D eigenvalue weighted by Gasteiger charge is -2.21. The SMILES string of the molecule is COC1CC(C(=O)O)N(C(=O)CCCc2nc(C3CC3)no2)C1. The third kappa shape index (κ3) is 3.69. The van der Waals surface area contributed by atoms with E-state index in [0.717, 1.165) is 18.7 Å². The number of hydrogen-bond donors (Lipinski definition) is 1. The molecule has 1 aliphatic carbocycles. The molecule has 126 valence electrons. The number of hydrogen-bond acceptors (Lipinski definition) is 6. The summed E-state index contributed by atoms with van der Waals surface area (Å²) in [5.41, 5.74) is 0. The maximum Gasteiger partial charge on any atom is 0.326 e. The first-order chi connectivity index (χ1) is 11.1. The highest BCUT2D eigenvalue weighted by Crippen LogP contribution is 2.38. The number of aromatic nitrogens is 2. The highest BCUT2D eigenvalue weighted by Gasteiger charge is 2.39. The van der Waals surface area contributed by atoms with Crippen molar-refractivity contribution in [3.8, 4) is 0 Å². The number of ether oxygens (including phenoxy) is 1. The molecule has 1 aromatic rings. The third-order valence-corrected chi connectivity index (χ3v) is 4.41. The van der Waals surface area contributed by atoms with Gasteiger partial charge >= 0.3 is 5.97 Å². The second kappa shape index (κ2) is 6.66. The van der Waals surface area contributed by atoms with Gasteiger partial charge in [0.2, 0.25) is 11.8 Å². The molecule has 1 amide bonds. The predicted octanol–water partition coefficient (Wildman–Crippen LogP) is 0.970. The van der Waals surface area contributed by atoms with Gasteiger partial charge in [-0.1, -0.05) is 5.16 Å². The smallest absolute Gasteiger partial charge is 0.326 e. The van der Waals surface area contributed by atoms with Crippen LogP contribution in [0.4, 0.5) is 0 Å². The van der Waals surface area contributed by atoms with Crippen molar-refractivity contribution in [2.24, 2.45) is 0 Å². The Morgan fingerprint density at radius 3 is 2.87 bits per heavy atom. The van der Waals surface area contributed by atoms with Crippen molar-refractivity contribution in [2.75, 3.05) is 13.7 Å². The summed E-state index contributed by atoms with van der Waals surface area (Å²) in [6.07, 6.45) is 3.72. The van der Waals surface area contributed by atoms with E-state index in [9.17, 15) is 14.7 Å². The zero-order valence-electron chi connectivity index (χ0n) is 13.1. The zero-order chi connectivity index (χ0) is 16.4. The summed E-state index contributed by atoms with van der Waals surface area (Å²) < 4.78 is 10.4. The van der Waals surface area contributed by atoms with Gasteiger partial charge in [0.1, 0.15) is 6.04 Å². The molecule has 3 rings (SSSR count). The lowest BCUT2D eigenvalue weighted by Crippen LogP contribution is -2.40. The van der Waals surface area contributed by atoms with Crippen LogP contribution in [0.15, 0.2) is 4.52 Å². The Labute approximate surface area is 133 Å². The van der Waals surface area contributed by atoms with E-state index in [1.54, 1.807) is 0 Å². The maximum absolute atomic E-state index is 12.3. The quantitative estimate of drug-likeness (QED) is 0.797. The monoisotopic (exact) mass is 323 g/mol. The third-order valence-electron chi connectivity index (χ3n) is 4.41. The summed E-state index contributed by atoms with van der Waals surface area (Å²) in [7, 11) is 1.53. The van der Waals surface area contributed by atoms with E-state index in [4.69, 9.17) is 9.26 Å². The molecular weight excluding hydrogens is 302 g/mol. The molecule has 0 spiro atoms. The summed E-state index contributed by atoms with van der Waals surface area (Å²) >= 11 is 0. The molecule has 23 heavy (non-hydrogen) atoms. The minimum atomic E-state index is -0.983. The molecule has 1 saturated heterocycles. The van der Waals surface area contributed by atoms with Crippen molar-refractivity contribution in [3.05, 3.63) is 11.7 Å². The molecular formula is C15H21N3O5.